The second-order valence-electron chi connectivity index (χ2n) is 6.63. The summed E-state index contributed by atoms with van der Waals surface area (Å²) in [5.41, 5.74) is 0.830. The molecule has 120 valence electrons. The molecule has 2 heterocycles. The molecule has 1 aromatic carbocycles. The minimum atomic E-state index is -0.493. The van der Waals surface area contributed by atoms with Gasteiger partial charge < -0.3 is 14.0 Å². The van der Waals surface area contributed by atoms with Crippen LogP contribution in [0, 0.1) is 0 Å². The van der Waals surface area contributed by atoms with Gasteiger partial charge in [-0.3, -0.25) is 0 Å². The van der Waals surface area contributed by atoms with Crippen LogP contribution in [0.2, 0.25) is 0 Å². The number of hydrogen-bond acceptors (Lipinski definition) is 5. The van der Waals surface area contributed by atoms with Crippen LogP contribution in [-0.2, 0) is 9.31 Å². The van der Waals surface area contributed by atoms with Crippen molar-refractivity contribution in [3.63, 3.8) is 0 Å². The summed E-state index contributed by atoms with van der Waals surface area (Å²) in [4.78, 5) is 8.97. The van der Waals surface area contributed by atoms with E-state index in [0.717, 1.165) is 16.9 Å². The van der Waals surface area contributed by atoms with Gasteiger partial charge in [-0.15, -0.1) is 0 Å². The van der Waals surface area contributed by atoms with Gasteiger partial charge in [-0.05, 0) is 45.9 Å². The van der Waals surface area contributed by atoms with Gasteiger partial charge in [0.2, 0.25) is 0 Å². The van der Waals surface area contributed by atoms with Crippen LogP contribution in [0.4, 0.5) is 0 Å². The van der Waals surface area contributed by atoms with E-state index in [9.17, 15) is 0 Å². The molecular weight excluding hydrogens is 291 g/mol. The summed E-state index contributed by atoms with van der Waals surface area (Å²) >= 11 is 0. The number of rotatable bonds is 3. The maximum Gasteiger partial charge on any atom is 0.514 e. The minimum Gasteiger partial charge on any atom is -0.497 e. The van der Waals surface area contributed by atoms with Crippen molar-refractivity contribution in [3.8, 4) is 17.1 Å². The van der Waals surface area contributed by atoms with Crippen LogP contribution in [-0.4, -0.2) is 35.4 Å². The number of benzene rings is 1. The van der Waals surface area contributed by atoms with Gasteiger partial charge in [0, 0.05) is 11.8 Å². The van der Waals surface area contributed by atoms with E-state index in [1.165, 1.54) is 0 Å². The van der Waals surface area contributed by atoms with E-state index in [1.807, 2.05) is 58.0 Å². The Morgan fingerprint density at radius 1 is 1.04 bits per heavy atom. The molecule has 0 saturated carbocycles. The molecule has 1 aliphatic rings. The summed E-state index contributed by atoms with van der Waals surface area (Å²) in [5.74, 6) is 1.39. The number of aromatic nitrogens is 2. The Balaban J connectivity index is 1.92. The molecule has 1 aliphatic heterocycles. The van der Waals surface area contributed by atoms with E-state index in [-0.39, 0.29) is 0 Å². The fourth-order valence-corrected chi connectivity index (χ4v) is 2.37. The Kier molecular flexibility index (Phi) is 3.90. The third-order valence-electron chi connectivity index (χ3n) is 4.50. The average Bonchev–Trinajstić information content (AvgIpc) is 2.76. The van der Waals surface area contributed by atoms with E-state index in [4.69, 9.17) is 14.0 Å². The van der Waals surface area contributed by atoms with Crippen LogP contribution in [0.5, 0.6) is 5.75 Å². The first-order valence-electron chi connectivity index (χ1n) is 7.65. The largest absolute Gasteiger partial charge is 0.514 e. The Labute approximate surface area is 137 Å². The third kappa shape index (κ3) is 2.96. The molecule has 1 fully saturated rings. The van der Waals surface area contributed by atoms with E-state index in [2.05, 4.69) is 9.97 Å². The topological polar surface area (TPSA) is 53.5 Å². The normalized spacial score (nSPS) is 18.9. The molecule has 0 unspecified atom stereocenters. The lowest BCUT2D eigenvalue weighted by atomic mass is 9.84. The first-order valence-corrected chi connectivity index (χ1v) is 7.65. The molecule has 1 aromatic heterocycles. The van der Waals surface area contributed by atoms with Crippen LogP contribution >= 0.6 is 0 Å². The van der Waals surface area contributed by atoms with Crippen molar-refractivity contribution in [2.24, 2.45) is 0 Å². The summed E-state index contributed by atoms with van der Waals surface area (Å²) in [6, 6.07) is 9.49. The monoisotopic (exact) mass is 312 g/mol. The summed E-state index contributed by atoms with van der Waals surface area (Å²) in [7, 11) is 1.15. The van der Waals surface area contributed by atoms with E-state index < -0.39 is 18.3 Å². The fourth-order valence-electron chi connectivity index (χ4n) is 2.37. The molecule has 1 saturated heterocycles. The second-order valence-corrected chi connectivity index (χ2v) is 6.63. The number of hydrogen-bond donors (Lipinski definition) is 0. The molecule has 0 amide bonds. The Morgan fingerprint density at radius 2 is 1.74 bits per heavy atom. The predicted octanol–water partition coefficient (Wildman–Crippen LogP) is 2.45. The Morgan fingerprint density at radius 3 is 2.39 bits per heavy atom. The Bertz CT molecular complexity index is 702. The molecule has 0 radical (unpaired) electrons. The van der Waals surface area contributed by atoms with Gasteiger partial charge in [0.1, 0.15) is 5.75 Å². The van der Waals surface area contributed by atoms with Crippen molar-refractivity contribution < 1.29 is 14.0 Å². The van der Waals surface area contributed by atoms with Gasteiger partial charge in [-0.1, -0.05) is 12.1 Å². The van der Waals surface area contributed by atoms with Crippen molar-refractivity contribution in [1.82, 2.24) is 9.97 Å². The van der Waals surface area contributed by atoms with Crippen LogP contribution in [0.15, 0.2) is 36.5 Å². The zero-order chi connectivity index (χ0) is 16.7. The first kappa shape index (κ1) is 16.0. The summed E-state index contributed by atoms with van der Waals surface area (Å²) in [5, 5.41) is 0. The molecule has 6 heteroatoms. The van der Waals surface area contributed by atoms with Crippen molar-refractivity contribution >= 4 is 12.7 Å². The lowest BCUT2D eigenvalue weighted by Crippen LogP contribution is -2.41. The maximum absolute atomic E-state index is 6.05. The molecule has 5 nitrogen and oxygen atoms in total. The van der Waals surface area contributed by atoms with Gasteiger partial charge in [-0.25, -0.2) is 9.97 Å². The number of ether oxygens (including phenoxy) is 1. The summed E-state index contributed by atoms with van der Waals surface area (Å²) in [6.07, 6.45) is 1.72. The van der Waals surface area contributed by atoms with Crippen molar-refractivity contribution in [2.45, 2.75) is 38.9 Å². The smallest absolute Gasteiger partial charge is 0.497 e. The Hall–Kier alpha value is -1.92. The van der Waals surface area contributed by atoms with Crippen LogP contribution in [0.3, 0.4) is 0 Å². The second kappa shape index (κ2) is 5.62. The average molecular weight is 312 g/mol. The molecule has 2 aromatic rings. The summed E-state index contributed by atoms with van der Waals surface area (Å²) < 4.78 is 17.4. The van der Waals surface area contributed by atoms with Crippen LogP contribution < -0.4 is 10.3 Å². The lowest BCUT2D eigenvalue weighted by molar-refractivity contribution is 0.00578. The maximum atomic E-state index is 6.05. The highest BCUT2D eigenvalue weighted by Gasteiger charge is 2.52. The van der Waals surface area contributed by atoms with Gasteiger partial charge in [0.15, 0.2) is 5.82 Å². The standard InChI is InChI=1S/C17H21BN2O3/c1-16(2)17(3,4)23-18(22-16)14-9-10-19-15(20-14)12-7-6-8-13(11-12)21-5/h6-11H,1-5H3. The molecule has 0 spiro atoms. The van der Waals surface area contributed by atoms with Crippen LogP contribution in [0.1, 0.15) is 27.7 Å². The minimum absolute atomic E-state index is 0.390. The molecule has 3 rings (SSSR count). The molecular formula is C17H21BN2O3. The molecule has 0 N–H and O–H groups in total. The highest BCUT2D eigenvalue weighted by molar-refractivity contribution is 6.61. The van der Waals surface area contributed by atoms with Gasteiger partial charge in [0.25, 0.3) is 0 Å². The van der Waals surface area contributed by atoms with Gasteiger partial charge >= 0.3 is 7.12 Å². The van der Waals surface area contributed by atoms with E-state index >= 15 is 0 Å². The third-order valence-corrected chi connectivity index (χ3v) is 4.50. The number of nitrogens with zero attached hydrogens (tertiary/aromatic N) is 2. The predicted molar refractivity (Wildman–Crippen MR) is 89.7 cm³/mol. The lowest BCUT2D eigenvalue weighted by Gasteiger charge is -2.32. The molecule has 0 atom stereocenters. The number of methoxy groups -OCH3 is 1. The fraction of sp³-hybridized carbons (Fsp3) is 0.412. The SMILES string of the molecule is COc1cccc(-c2nccc(B3OC(C)(C)C(C)(C)O3)n2)c1. The van der Waals surface area contributed by atoms with Crippen molar-refractivity contribution in [3.05, 3.63) is 36.5 Å². The van der Waals surface area contributed by atoms with Gasteiger partial charge in [0.05, 0.1) is 23.9 Å². The van der Waals surface area contributed by atoms with Crippen LogP contribution in [0.25, 0.3) is 11.4 Å². The van der Waals surface area contributed by atoms with Gasteiger partial charge in [-0.2, -0.15) is 0 Å². The van der Waals surface area contributed by atoms with E-state index in [1.54, 1.807) is 13.3 Å². The van der Waals surface area contributed by atoms with E-state index in [0.29, 0.717) is 5.82 Å². The highest BCUT2D eigenvalue weighted by atomic mass is 16.7. The highest BCUT2D eigenvalue weighted by Crippen LogP contribution is 2.36. The first-order chi connectivity index (χ1) is 10.8. The zero-order valence-electron chi connectivity index (χ0n) is 14.2. The van der Waals surface area contributed by atoms with Crippen molar-refractivity contribution in [1.29, 1.82) is 0 Å². The zero-order valence-corrected chi connectivity index (χ0v) is 14.2. The summed E-state index contributed by atoms with van der Waals surface area (Å²) in [6.45, 7) is 8.10. The molecule has 23 heavy (non-hydrogen) atoms. The molecule has 0 bridgehead atoms. The quantitative estimate of drug-likeness (QED) is 0.815. The molecule has 0 aliphatic carbocycles. The van der Waals surface area contributed by atoms with Crippen molar-refractivity contribution in [2.75, 3.05) is 7.11 Å².